The van der Waals surface area contributed by atoms with Crippen molar-refractivity contribution in [3.63, 3.8) is 0 Å². The molecule has 0 radical (unpaired) electrons. The van der Waals surface area contributed by atoms with Crippen LogP contribution >= 0.6 is 0 Å². The Bertz CT molecular complexity index is 520. The summed E-state index contributed by atoms with van der Waals surface area (Å²) in [4.78, 5) is 9.00. The summed E-state index contributed by atoms with van der Waals surface area (Å²) in [5, 5.41) is 0. The van der Waals surface area contributed by atoms with E-state index < -0.39 is 0 Å². The van der Waals surface area contributed by atoms with Gasteiger partial charge in [0.1, 0.15) is 5.52 Å². The molecule has 2 rings (SSSR count). The molecule has 3 nitrogen and oxygen atoms in total. The third-order valence-corrected chi connectivity index (χ3v) is 2.57. The molecule has 17 heavy (non-hydrogen) atoms. The zero-order valence-corrected chi connectivity index (χ0v) is 11.2. The lowest BCUT2D eigenvalue weighted by Crippen LogP contribution is -2.10. The molecule has 2 aromatic rings. The lowest BCUT2D eigenvalue weighted by atomic mass is 9.97. The predicted octanol–water partition coefficient (Wildman–Crippen LogP) is 3.72. The highest BCUT2D eigenvalue weighted by Gasteiger charge is 2.21. The zero-order valence-electron chi connectivity index (χ0n) is 11.2. The molecule has 0 spiro atoms. The van der Waals surface area contributed by atoms with Crippen LogP contribution < -0.4 is 0 Å². The summed E-state index contributed by atoms with van der Waals surface area (Å²) in [5.74, 6) is 1.35. The molecule has 0 saturated carbocycles. The fraction of sp³-hybridized carbons (Fsp3) is 0.571. The lowest BCUT2D eigenvalue weighted by molar-refractivity contribution is 0.407. The van der Waals surface area contributed by atoms with E-state index in [1.54, 1.807) is 0 Å². The highest BCUT2D eigenvalue weighted by atomic mass is 16.4. The van der Waals surface area contributed by atoms with Crippen LogP contribution in [0.2, 0.25) is 0 Å². The maximum atomic E-state index is 5.73. The van der Waals surface area contributed by atoms with Gasteiger partial charge in [-0.3, -0.25) is 0 Å². The van der Waals surface area contributed by atoms with Gasteiger partial charge in [-0.15, -0.1) is 0 Å². The highest BCUT2D eigenvalue weighted by molar-refractivity contribution is 5.68. The van der Waals surface area contributed by atoms with Crippen molar-refractivity contribution in [2.45, 2.75) is 46.5 Å². The minimum atomic E-state index is -0.0705. The number of pyridine rings is 1. The van der Waals surface area contributed by atoms with Crippen molar-refractivity contribution in [1.82, 2.24) is 9.97 Å². The van der Waals surface area contributed by atoms with E-state index in [9.17, 15) is 0 Å². The van der Waals surface area contributed by atoms with Gasteiger partial charge in [-0.2, -0.15) is 0 Å². The zero-order chi connectivity index (χ0) is 12.6. The van der Waals surface area contributed by atoms with E-state index in [4.69, 9.17) is 4.42 Å². The third kappa shape index (κ3) is 2.65. The molecule has 0 bridgehead atoms. The summed E-state index contributed by atoms with van der Waals surface area (Å²) in [6.45, 7) is 10.6. The molecule has 0 atom stereocenters. The van der Waals surface area contributed by atoms with Crippen LogP contribution in [0, 0.1) is 5.92 Å². The van der Waals surface area contributed by atoms with Gasteiger partial charge < -0.3 is 4.42 Å². The average Bonchev–Trinajstić information content (AvgIpc) is 2.58. The van der Waals surface area contributed by atoms with Crippen LogP contribution in [-0.2, 0) is 11.8 Å². The van der Waals surface area contributed by atoms with E-state index in [1.807, 2.05) is 12.1 Å². The van der Waals surface area contributed by atoms with Gasteiger partial charge >= 0.3 is 0 Å². The van der Waals surface area contributed by atoms with Crippen molar-refractivity contribution >= 4 is 11.2 Å². The van der Waals surface area contributed by atoms with Gasteiger partial charge in [-0.05, 0) is 24.5 Å². The van der Waals surface area contributed by atoms with E-state index >= 15 is 0 Å². The standard InChI is InChI=1S/C14H20N2O/c1-9(2)8-10-6-7-11-12(15-10)17-13(16-11)14(3,4)5/h6-7,9H,8H2,1-5H3. The molecule has 0 aliphatic rings. The normalized spacial score (nSPS) is 12.6. The van der Waals surface area contributed by atoms with E-state index in [1.165, 1.54) is 0 Å². The Kier molecular flexibility index (Phi) is 2.94. The van der Waals surface area contributed by atoms with Crippen LogP contribution in [0.25, 0.3) is 11.2 Å². The number of nitrogens with zero attached hydrogens (tertiary/aromatic N) is 2. The summed E-state index contributed by atoms with van der Waals surface area (Å²) in [7, 11) is 0. The third-order valence-electron chi connectivity index (χ3n) is 2.57. The van der Waals surface area contributed by atoms with Crippen molar-refractivity contribution in [3.05, 3.63) is 23.7 Å². The lowest BCUT2D eigenvalue weighted by Gasteiger charge is -2.11. The first kappa shape index (κ1) is 12.1. The van der Waals surface area contributed by atoms with Crippen LogP contribution in [0.15, 0.2) is 16.5 Å². The van der Waals surface area contributed by atoms with E-state index in [-0.39, 0.29) is 5.41 Å². The first-order chi connectivity index (χ1) is 7.86. The van der Waals surface area contributed by atoms with Crippen molar-refractivity contribution in [2.24, 2.45) is 5.92 Å². The number of hydrogen-bond acceptors (Lipinski definition) is 3. The number of hydrogen-bond donors (Lipinski definition) is 0. The van der Waals surface area contributed by atoms with Crippen LogP contribution in [-0.4, -0.2) is 9.97 Å². The second-order valence-electron chi connectivity index (χ2n) is 5.99. The van der Waals surface area contributed by atoms with E-state index in [0.29, 0.717) is 11.6 Å². The second kappa shape index (κ2) is 4.13. The Morgan fingerprint density at radius 3 is 2.47 bits per heavy atom. The number of rotatable bonds is 2. The number of fused-ring (bicyclic) bond motifs is 1. The van der Waals surface area contributed by atoms with Gasteiger partial charge in [-0.25, -0.2) is 9.97 Å². The summed E-state index contributed by atoms with van der Waals surface area (Å²) in [6, 6.07) is 4.04. The Hall–Kier alpha value is -1.38. The van der Waals surface area contributed by atoms with Gasteiger partial charge in [-0.1, -0.05) is 34.6 Å². The molecule has 0 N–H and O–H groups in total. The quantitative estimate of drug-likeness (QED) is 0.792. The maximum Gasteiger partial charge on any atom is 0.247 e. The van der Waals surface area contributed by atoms with E-state index in [0.717, 1.165) is 23.5 Å². The Labute approximate surface area is 102 Å². The number of oxazole rings is 1. The van der Waals surface area contributed by atoms with Crippen LogP contribution in [0.1, 0.15) is 46.2 Å². The van der Waals surface area contributed by atoms with Gasteiger partial charge in [0.2, 0.25) is 11.6 Å². The van der Waals surface area contributed by atoms with Gasteiger partial charge in [0.15, 0.2) is 0 Å². The molecular formula is C14H20N2O. The molecule has 2 heterocycles. The summed E-state index contributed by atoms with van der Waals surface area (Å²) < 4.78 is 5.73. The van der Waals surface area contributed by atoms with Gasteiger partial charge in [0.05, 0.1) is 0 Å². The average molecular weight is 232 g/mol. The Morgan fingerprint density at radius 2 is 1.88 bits per heavy atom. The van der Waals surface area contributed by atoms with Crippen LogP contribution in [0.5, 0.6) is 0 Å². The monoisotopic (exact) mass is 232 g/mol. The topological polar surface area (TPSA) is 38.9 Å². The molecule has 3 heteroatoms. The fourth-order valence-electron chi connectivity index (χ4n) is 1.71. The van der Waals surface area contributed by atoms with Crippen molar-refractivity contribution in [1.29, 1.82) is 0 Å². The Balaban J connectivity index is 2.41. The molecule has 0 aromatic carbocycles. The van der Waals surface area contributed by atoms with Gasteiger partial charge in [0, 0.05) is 11.1 Å². The number of aromatic nitrogens is 2. The molecular weight excluding hydrogens is 212 g/mol. The van der Waals surface area contributed by atoms with E-state index in [2.05, 4.69) is 44.6 Å². The van der Waals surface area contributed by atoms with Crippen molar-refractivity contribution in [3.8, 4) is 0 Å². The Morgan fingerprint density at radius 1 is 1.18 bits per heavy atom. The molecule has 0 saturated heterocycles. The first-order valence-corrected chi connectivity index (χ1v) is 6.13. The van der Waals surface area contributed by atoms with Crippen molar-refractivity contribution < 1.29 is 4.42 Å². The highest BCUT2D eigenvalue weighted by Crippen LogP contribution is 2.25. The van der Waals surface area contributed by atoms with Crippen LogP contribution in [0.3, 0.4) is 0 Å². The predicted molar refractivity (Wildman–Crippen MR) is 69.0 cm³/mol. The minimum absolute atomic E-state index is 0.0705. The summed E-state index contributed by atoms with van der Waals surface area (Å²) >= 11 is 0. The van der Waals surface area contributed by atoms with Crippen LogP contribution in [0.4, 0.5) is 0 Å². The fourth-order valence-corrected chi connectivity index (χ4v) is 1.71. The van der Waals surface area contributed by atoms with Gasteiger partial charge in [0.25, 0.3) is 0 Å². The maximum absolute atomic E-state index is 5.73. The molecule has 0 fully saturated rings. The first-order valence-electron chi connectivity index (χ1n) is 6.13. The second-order valence-corrected chi connectivity index (χ2v) is 5.99. The molecule has 2 aromatic heterocycles. The molecule has 92 valence electrons. The molecule has 0 aliphatic heterocycles. The largest absolute Gasteiger partial charge is 0.422 e. The van der Waals surface area contributed by atoms with Crippen molar-refractivity contribution in [2.75, 3.05) is 0 Å². The SMILES string of the molecule is CC(C)Cc1ccc2nc(C(C)(C)C)oc2n1. The summed E-state index contributed by atoms with van der Waals surface area (Å²) in [6.07, 6.45) is 0.974. The minimum Gasteiger partial charge on any atom is -0.422 e. The molecule has 0 aliphatic carbocycles. The molecule has 0 amide bonds. The summed E-state index contributed by atoms with van der Waals surface area (Å²) in [5.41, 5.74) is 2.51. The molecule has 0 unspecified atom stereocenters. The smallest absolute Gasteiger partial charge is 0.247 e.